The van der Waals surface area contributed by atoms with Crippen LogP contribution in [0.3, 0.4) is 0 Å². The Hall–Kier alpha value is -1.00. The predicted octanol–water partition coefficient (Wildman–Crippen LogP) is 2.44. The van der Waals surface area contributed by atoms with Gasteiger partial charge in [0.15, 0.2) is 11.6 Å². The quantitative estimate of drug-likeness (QED) is 0.882. The molecule has 0 saturated carbocycles. The summed E-state index contributed by atoms with van der Waals surface area (Å²) in [6.45, 7) is 1.96. The maximum Gasteiger partial charge on any atom is 0.159 e. The van der Waals surface area contributed by atoms with Crippen molar-refractivity contribution in [1.29, 1.82) is 0 Å². The molecule has 3 unspecified atom stereocenters. The van der Waals surface area contributed by atoms with Crippen molar-refractivity contribution in [1.82, 2.24) is 0 Å². The zero-order chi connectivity index (χ0) is 12.4. The van der Waals surface area contributed by atoms with Crippen LogP contribution in [-0.4, -0.2) is 23.4 Å². The topological polar surface area (TPSA) is 29.5 Å². The van der Waals surface area contributed by atoms with E-state index in [0.29, 0.717) is 5.56 Å². The van der Waals surface area contributed by atoms with E-state index in [1.807, 2.05) is 6.92 Å². The molecule has 0 bridgehead atoms. The van der Waals surface area contributed by atoms with Crippen LogP contribution in [0, 0.1) is 11.6 Å². The molecule has 2 rings (SSSR count). The highest BCUT2D eigenvalue weighted by Crippen LogP contribution is 2.23. The van der Waals surface area contributed by atoms with Crippen molar-refractivity contribution in [3.63, 3.8) is 0 Å². The van der Waals surface area contributed by atoms with Gasteiger partial charge in [-0.2, -0.15) is 0 Å². The minimum atomic E-state index is -0.879. The third-order valence-corrected chi connectivity index (χ3v) is 3.12. The van der Waals surface area contributed by atoms with E-state index in [-0.39, 0.29) is 18.6 Å². The maximum atomic E-state index is 13.0. The molecule has 0 amide bonds. The summed E-state index contributed by atoms with van der Waals surface area (Å²) >= 11 is 0. The van der Waals surface area contributed by atoms with Crippen LogP contribution >= 0.6 is 0 Å². The normalized spacial score (nSPS) is 26.1. The minimum Gasteiger partial charge on any atom is -0.390 e. The lowest BCUT2D eigenvalue weighted by Gasteiger charge is -2.18. The van der Waals surface area contributed by atoms with Crippen LogP contribution in [-0.2, 0) is 11.2 Å². The number of benzene rings is 1. The number of aliphatic hydroxyl groups excluding tert-OH is 1. The van der Waals surface area contributed by atoms with Crippen molar-refractivity contribution in [3.05, 3.63) is 35.4 Å². The average molecular weight is 242 g/mol. The summed E-state index contributed by atoms with van der Waals surface area (Å²) in [7, 11) is 0. The van der Waals surface area contributed by atoms with Gasteiger partial charge in [0.05, 0.1) is 18.3 Å². The molecule has 4 heteroatoms. The standard InChI is InChI=1S/C13H16F2O2/c1-8-2-5-13(17-8)12(16)7-9-3-4-10(14)11(15)6-9/h3-4,6,8,12-13,16H,2,5,7H2,1H3. The van der Waals surface area contributed by atoms with Gasteiger partial charge in [-0.05, 0) is 37.5 Å². The summed E-state index contributed by atoms with van der Waals surface area (Å²) in [6, 6.07) is 3.69. The Morgan fingerprint density at radius 1 is 1.35 bits per heavy atom. The van der Waals surface area contributed by atoms with Crippen LogP contribution in [0.2, 0.25) is 0 Å². The van der Waals surface area contributed by atoms with Crippen molar-refractivity contribution in [3.8, 4) is 0 Å². The molecule has 2 nitrogen and oxygen atoms in total. The molecule has 17 heavy (non-hydrogen) atoms. The molecule has 1 aliphatic rings. The second-order valence-electron chi connectivity index (χ2n) is 4.58. The number of aliphatic hydroxyl groups is 1. The maximum absolute atomic E-state index is 13.0. The molecular formula is C13H16F2O2. The van der Waals surface area contributed by atoms with Gasteiger partial charge in [-0.15, -0.1) is 0 Å². The Kier molecular flexibility index (Phi) is 3.74. The number of ether oxygens (including phenoxy) is 1. The van der Waals surface area contributed by atoms with Crippen molar-refractivity contribution >= 4 is 0 Å². The lowest BCUT2D eigenvalue weighted by atomic mass is 10.0. The van der Waals surface area contributed by atoms with E-state index in [4.69, 9.17) is 4.74 Å². The lowest BCUT2D eigenvalue weighted by molar-refractivity contribution is -0.0278. The van der Waals surface area contributed by atoms with Gasteiger partial charge in [0.1, 0.15) is 0 Å². The minimum absolute atomic E-state index is 0.166. The van der Waals surface area contributed by atoms with Crippen molar-refractivity contribution in [2.45, 2.75) is 44.5 Å². The summed E-state index contributed by atoms with van der Waals surface area (Å²) in [4.78, 5) is 0. The number of hydrogen-bond donors (Lipinski definition) is 1. The first-order valence-electron chi connectivity index (χ1n) is 5.83. The molecule has 1 fully saturated rings. The van der Waals surface area contributed by atoms with Crippen molar-refractivity contribution in [2.24, 2.45) is 0 Å². The molecule has 1 aromatic rings. The largest absolute Gasteiger partial charge is 0.390 e. The smallest absolute Gasteiger partial charge is 0.159 e. The SMILES string of the molecule is CC1CCC(C(O)Cc2ccc(F)c(F)c2)O1. The zero-order valence-corrected chi connectivity index (χ0v) is 9.70. The van der Waals surface area contributed by atoms with E-state index < -0.39 is 17.7 Å². The average Bonchev–Trinajstić information content (AvgIpc) is 2.70. The molecule has 1 aromatic carbocycles. The Labute approximate surface area is 99.2 Å². The van der Waals surface area contributed by atoms with E-state index in [1.165, 1.54) is 6.07 Å². The summed E-state index contributed by atoms with van der Waals surface area (Å²) in [5.41, 5.74) is 0.583. The molecule has 94 valence electrons. The van der Waals surface area contributed by atoms with Crippen LogP contribution in [0.4, 0.5) is 8.78 Å². The van der Waals surface area contributed by atoms with E-state index >= 15 is 0 Å². The second-order valence-corrected chi connectivity index (χ2v) is 4.58. The first-order valence-corrected chi connectivity index (χ1v) is 5.83. The highest BCUT2D eigenvalue weighted by molar-refractivity contribution is 5.18. The first-order chi connectivity index (χ1) is 8.06. The molecular weight excluding hydrogens is 226 g/mol. The molecule has 3 atom stereocenters. The number of hydrogen-bond acceptors (Lipinski definition) is 2. The Bertz CT molecular complexity index is 395. The van der Waals surface area contributed by atoms with Gasteiger partial charge in [0.25, 0.3) is 0 Å². The molecule has 0 aromatic heterocycles. The molecule has 0 aliphatic carbocycles. The van der Waals surface area contributed by atoms with Crippen LogP contribution in [0.25, 0.3) is 0 Å². The summed E-state index contributed by atoms with van der Waals surface area (Å²) in [6.07, 6.45) is 1.34. The first kappa shape index (κ1) is 12.5. The zero-order valence-electron chi connectivity index (χ0n) is 9.70. The van der Waals surface area contributed by atoms with Gasteiger partial charge in [0.2, 0.25) is 0 Å². The monoisotopic (exact) mass is 242 g/mol. The van der Waals surface area contributed by atoms with Crippen molar-refractivity contribution < 1.29 is 18.6 Å². The van der Waals surface area contributed by atoms with Crippen molar-refractivity contribution in [2.75, 3.05) is 0 Å². The van der Waals surface area contributed by atoms with Gasteiger partial charge >= 0.3 is 0 Å². The van der Waals surface area contributed by atoms with Crippen LogP contribution < -0.4 is 0 Å². The molecule has 1 saturated heterocycles. The summed E-state index contributed by atoms with van der Waals surface area (Å²) in [5, 5.41) is 9.94. The van der Waals surface area contributed by atoms with Gasteiger partial charge in [-0.25, -0.2) is 8.78 Å². The van der Waals surface area contributed by atoms with E-state index in [9.17, 15) is 13.9 Å². The summed E-state index contributed by atoms with van der Waals surface area (Å²) < 4.78 is 31.2. The van der Waals surface area contributed by atoms with Gasteiger partial charge in [-0.3, -0.25) is 0 Å². The molecule has 1 N–H and O–H groups in total. The Morgan fingerprint density at radius 2 is 2.12 bits per heavy atom. The Balaban J connectivity index is 1.98. The van der Waals surface area contributed by atoms with Gasteiger partial charge in [-0.1, -0.05) is 6.07 Å². The fraction of sp³-hybridized carbons (Fsp3) is 0.538. The van der Waals surface area contributed by atoms with Crippen LogP contribution in [0.5, 0.6) is 0 Å². The van der Waals surface area contributed by atoms with E-state index in [2.05, 4.69) is 0 Å². The van der Waals surface area contributed by atoms with Crippen LogP contribution in [0.15, 0.2) is 18.2 Å². The third-order valence-electron chi connectivity index (χ3n) is 3.12. The highest BCUT2D eigenvalue weighted by Gasteiger charge is 2.28. The molecule has 1 heterocycles. The third kappa shape index (κ3) is 3.01. The Morgan fingerprint density at radius 3 is 2.71 bits per heavy atom. The molecule has 0 spiro atoms. The van der Waals surface area contributed by atoms with E-state index in [0.717, 1.165) is 25.0 Å². The van der Waals surface area contributed by atoms with Gasteiger partial charge in [0, 0.05) is 6.42 Å². The van der Waals surface area contributed by atoms with Crippen LogP contribution in [0.1, 0.15) is 25.3 Å². The lowest BCUT2D eigenvalue weighted by Crippen LogP contribution is -2.28. The number of halogens is 2. The van der Waals surface area contributed by atoms with E-state index in [1.54, 1.807) is 0 Å². The fourth-order valence-corrected chi connectivity index (χ4v) is 2.16. The van der Waals surface area contributed by atoms with Gasteiger partial charge < -0.3 is 9.84 Å². The molecule has 1 aliphatic heterocycles. The second kappa shape index (κ2) is 5.10. The predicted molar refractivity (Wildman–Crippen MR) is 59.6 cm³/mol. The number of rotatable bonds is 3. The fourth-order valence-electron chi connectivity index (χ4n) is 2.16. The molecule has 0 radical (unpaired) electrons. The summed E-state index contributed by atoms with van der Waals surface area (Å²) in [5.74, 6) is -1.75. The highest BCUT2D eigenvalue weighted by atomic mass is 19.2.